The first kappa shape index (κ1) is 51.8. The largest absolute Gasteiger partial charge is 0.466 e. The van der Waals surface area contributed by atoms with Crippen molar-refractivity contribution in [2.24, 2.45) is 5.92 Å². The summed E-state index contributed by atoms with van der Waals surface area (Å²) in [6.07, 6.45) is 39.4. The van der Waals surface area contributed by atoms with Crippen LogP contribution in [0.25, 0.3) is 0 Å². The van der Waals surface area contributed by atoms with Gasteiger partial charge in [0.15, 0.2) is 0 Å². The maximum Gasteiger partial charge on any atom is 0.306 e. The number of nitrogens with zero attached hydrogens (tertiary/aromatic N) is 2. The fourth-order valence-electron chi connectivity index (χ4n) is 7.97. The van der Waals surface area contributed by atoms with Gasteiger partial charge in [0.1, 0.15) is 0 Å². The summed E-state index contributed by atoms with van der Waals surface area (Å²) in [5.74, 6) is 0.471. The second kappa shape index (κ2) is 39.6. The monoisotopic (exact) mass is 779 g/mol. The lowest BCUT2D eigenvalue weighted by molar-refractivity contribution is -0.145. The predicted molar refractivity (Wildman–Crippen MR) is 234 cm³/mol. The van der Waals surface area contributed by atoms with Gasteiger partial charge in [0.2, 0.25) is 0 Å². The second-order valence-corrected chi connectivity index (χ2v) is 17.2. The number of aliphatic hydroxyl groups is 1. The Labute approximate surface area is 342 Å². The third-order valence-electron chi connectivity index (χ3n) is 11.8. The van der Waals surface area contributed by atoms with E-state index in [1.165, 1.54) is 148 Å². The first-order valence-electron chi connectivity index (χ1n) is 24.4. The van der Waals surface area contributed by atoms with Crippen molar-refractivity contribution in [3.05, 3.63) is 0 Å². The number of aliphatic hydroxyl groups excluding tert-OH is 1. The number of rotatable bonds is 44. The van der Waals surface area contributed by atoms with E-state index in [0.717, 1.165) is 90.1 Å². The van der Waals surface area contributed by atoms with Crippen molar-refractivity contribution >= 4 is 11.9 Å². The van der Waals surface area contributed by atoms with Gasteiger partial charge in [-0.3, -0.25) is 19.4 Å². The minimum atomic E-state index is -0.0196. The third-order valence-corrected chi connectivity index (χ3v) is 11.8. The molecular formula is C48H94N2O5. The van der Waals surface area contributed by atoms with Crippen LogP contribution in [0.4, 0.5) is 0 Å². The van der Waals surface area contributed by atoms with E-state index < -0.39 is 0 Å². The molecule has 1 N–H and O–H groups in total. The average Bonchev–Trinajstić information content (AvgIpc) is 4.03. The second-order valence-electron chi connectivity index (χ2n) is 17.2. The number of esters is 2. The molecule has 326 valence electrons. The van der Waals surface area contributed by atoms with Crippen molar-refractivity contribution < 1.29 is 24.2 Å². The first-order valence-corrected chi connectivity index (χ1v) is 24.4. The highest BCUT2D eigenvalue weighted by atomic mass is 16.5. The molecule has 55 heavy (non-hydrogen) atoms. The number of unbranched alkanes of at least 4 members (excludes halogenated alkanes) is 22. The molecule has 7 nitrogen and oxygen atoms in total. The molecule has 1 rings (SSSR count). The number of hydrogen-bond donors (Lipinski definition) is 1. The van der Waals surface area contributed by atoms with Crippen molar-refractivity contribution in [3.63, 3.8) is 0 Å². The van der Waals surface area contributed by atoms with Crippen LogP contribution >= 0.6 is 0 Å². The zero-order valence-electron chi connectivity index (χ0n) is 37.1. The maximum atomic E-state index is 12.8. The number of hydrogen-bond acceptors (Lipinski definition) is 7. The Morgan fingerprint density at radius 2 is 0.964 bits per heavy atom. The predicted octanol–water partition coefficient (Wildman–Crippen LogP) is 12.6. The average molecular weight is 779 g/mol. The fourth-order valence-corrected chi connectivity index (χ4v) is 7.97. The van der Waals surface area contributed by atoms with Crippen molar-refractivity contribution in [2.75, 3.05) is 52.5 Å². The van der Waals surface area contributed by atoms with Gasteiger partial charge in [-0.15, -0.1) is 0 Å². The van der Waals surface area contributed by atoms with Gasteiger partial charge in [0.05, 0.1) is 19.8 Å². The maximum absolute atomic E-state index is 12.8. The summed E-state index contributed by atoms with van der Waals surface area (Å²) >= 11 is 0. The molecule has 0 aromatic heterocycles. The van der Waals surface area contributed by atoms with E-state index in [0.29, 0.717) is 32.0 Å². The lowest BCUT2D eigenvalue weighted by Crippen LogP contribution is -2.38. The molecule has 0 aromatic rings. The third kappa shape index (κ3) is 34.6. The van der Waals surface area contributed by atoms with Crippen molar-refractivity contribution in [1.29, 1.82) is 0 Å². The molecule has 0 saturated heterocycles. The Kier molecular flexibility index (Phi) is 37.4. The minimum Gasteiger partial charge on any atom is -0.466 e. The van der Waals surface area contributed by atoms with Crippen LogP contribution < -0.4 is 0 Å². The summed E-state index contributed by atoms with van der Waals surface area (Å²) in [6.45, 7) is 12.9. The number of carbonyl (C=O) groups is 2. The Hall–Kier alpha value is -1.18. The molecule has 0 unspecified atom stereocenters. The van der Waals surface area contributed by atoms with Crippen LogP contribution in [0.3, 0.4) is 0 Å². The summed E-state index contributed by atoms with van der Waals surface area (Å²) in [7, 11) is 0. The summed E-state index contributed by atoms with van der Waals surface area (Å²) in [5.41, 5.74) is 0. The molecule has 1 aliphatic rings. The van der Waals surface area contributed by atoms with Crippen LogP contribution in [0, 0.1) is 5.92 Å². The van der Waals surface area contributed by atoms with Gasteiger partial charge in [-0.2, -0.15) is 0 Å². The van der Waals surface area contributed by atoms with E-state index in [4.69, 9.17) is 9.47 Å². The SMILES string of the molecule is CCCCCCCCCCCC(=O)OCCCCCN(CCN(CCO)CCCCCOC(=O)CC(CCCCCCCC)CCCCCCCC)C1CC1. The lowest BCUT2D eigenvalue weighted by Gasteiger charge is -2.27. The van der Waals surface area contributed by atoms with Gasteiger partial charge >= 0.3 is 11.9 Å². The molecule has 7 heteroatoms. The fraction of sp³-hybridized carbons (Fsp3) is 0.958. The van der Waals surface area contributed by atoms with Crippen LogP contribution in [0.1, 0.15) is 233 Å². The number of ether oxygens (including phenoxy) is 2. The molecule has 0 radical (unpaired) electrons. The lowest BCUT2D eigenvalue weighted by atomic mass is 9.91. The summed E-state index contributed by atoms with van der Waals surface area (Å²) < 4.78 is 11.3. The molecule has 0 spiro atoms. The number of carbonyl (C=O) groups excluding carboxylic acids is 2. The topological polar surface area (TPSA) is 79.3 Å². The van der Waals surface area contributed by atoms with E-state index in [1.807, 2.05) is 0 Å². The Bertz CT molecular complexity index is 821. The standard InChI is InChI=1S/C48H94N2O5/c1-4-7-10-13-16-17-18-21-26-33-47(52)54-42-30-23-28-37-50(46-34-35-46)39-38-49(40-41-51)36-27-22-29-43-55-48(53)44-45(31-24-19-14-11-8-5-2)32-25-20-15-12-9-6-3/h45-46,51H,4-44H2,1-3H3. The molecule has 0 bridgehead atoms. The Morgan fingerprint density at radius 3 is 1.47 bits per heavy atom. The molecule has 0 aromatic carbocycles. The highest BCUT2D eigenvalue weighted by molar-refractivity contribution is 5.69. The van der Waals surface area contributed by atoms with Crippen molar-refractivity contribution in [2.45, 2.75) is 239 Å². The quantitative estimate of drug-likeness (QED) is 0.0487. The highest BCUT2D eigenvalue weighted by Crippen LogP contribution is 2.27. The molecule has 1 saturated carbocycles. The van der Waals surface area contributed by atoms with Gasteiger partial charge in [0, 0.05) is 38.5 Å². The molecular weight excluding hydrogens is 685 g/mol. The van der Waals surface area contributed by atoms with E-state index in [-0.39, 0.29) is 18.5 Å². The molecule has 0 atom stereocenters. The molecule has 1 aliphatic carbocycles. The smallest absolute Gasteiger partial charge is 0.306 e. The van der Waals surface area contributed by atoms with Crippen molar-refractivity contribution in [3.8, 4) is 0 Å². The van der Waals surface area contributed by atoms with Gasteiger partial charge in [-0.25, -0.2) is 0 Å². The van der Waals surface area contributed by atoms with E-state index >= 15 is 0 Å². The van der Waals surface area contributed by atoms with Crippen LogP contribution in [-0.2, 0) is 19.1 Å². The van der Waals surface area contributed by atoms with Gasteiger partial charge in [-0.1, -0.05) is 149 Å². The molecule has 0 heterocycles. The Balaban J connectivity index is 2.19. The zero-order valence-corrected chi connectivity index (χ0v) is 37.1. The van der Waals surface area contributed by atoms with E-state index in [2.05, 4.69) is 30.6 Å². The summed E-state index contributed by atoms with van der Waals surface area (Å²) in [4.78, 5) is 30.0. The van der Waals surface area contributed by atoms with Crippen molar-refractivity contribution in [1.82, 2.24) is 9.80 Å². The molecule has 0 aliphatic heterocycles. The van der Waals surface area contributed by atoms with E-state index in [1.54, 1.807) is 0 Å². The summed E-state index contributed by atoms with van der Waals surface area (Å²) in [6, 6.07) is 0.719. The van der Waals surface area contributed by atoms with Gasteiger partial charge in [-0.05, 0) is 89.6 Å². The van der Waals surface area contributed by atoms with Gasteiger partial charge in [0.25, 0.3) is 0 Å². The zero-order chi connectivity index (χ0) is 39.9. The van der Waals surface area contributed by atoms with Crippen LogP contribution in [0.5, 0.6) is 0 Å². The van der Waals surface area contributed by atoms with Crippen LogP contribution in [0.15, 0.2) is 0 Å². The molecule has 0 amide bonds. The van der Waals surface area contributed by atoms with Gasteiger partial charge < -0.3 is 14.6 Å². The first-order chi connectivity index (χ1) is 27.0. The molecule has 1 fully saturated rings. The Morgan fingerprint density at radius 1 is 0.509 bits per heavy atom. The van der Waals surface area contributed by atoms with Crippen LogP contribution in [-0.4, -0.2) is 85.4 Å². The highest BCUT2D eigenvalue weighted by Gasteiger charge is 2.28. The normalized spacial score (nSPS) is 13.1. The summed E-state index contributed by atoms with van der Waals surface area (Å²) in [5, 5.41) is 9.73. The van der Waals surface area contributed by atoms with E-state index in [9.17, 15) is 14.7 Å². The van der Waals surface area contributed by atoms with Crippen LogP contribution in [0.2, 0.25) is 0 Å². The minimum absolute atomic E-state index is 0.00870.